The van der Waals surface area contributed by atoms with E-state index in [1.54, 1.807) is 0 Å². The normalized spacial score (nSPS) is 23.6. The lowest BCUT2D eigenvalue weighted by molar-refractivity contribution is 0.153. The second-order valence-corrected chi connectivity index (χ2v) is 5.14. The molecule has 3 rings (SSSR count). The van der Waals surface area contributed by atoms with Gasteiger partial charge in [0.15, 0.2) is 0 Å². The van der Waals surface area contributed by atoms with E-state index in [1.165, 1.54) is 5.56 Å². The summed E-state index contributed by atoms with van der Waals surface area (Å²) >= 11 is 0. The molecule has 19 heavy (non-hydrogen) atoms. The molecule has 2 aliphatic heterocycles. The second kappa shape index (κ2) is 5.66. The molecular formula is C16H21NO2. The molecular weight excluding hydrogens is 238 g/mol. The summed E-state index contributed by atoms with van der Waals surface area (Å²) in [7, 11) is 2.02. The van der Waals surface area contributed by atoms with Crippen LogP contribution < -0.4 is 10.1 Å². The van der Waals surface area contributed by atoms with E-state index >= 15 is 0 Å². The van der Waals surface area contributed by atoms with Crippen molar-refractivity contribution >= 4 is 0 Å². The molecule has 0 saturated heterocycles. The van der Waals surface area contributed by atoms with Crippen LogP contribution in [0.2, 0.25) is 0 Å². The monoisotopic (exact) mass is 259 g/mol. The van der Waals surface area contributed by atoms with E-state index in [1.807, 2.05) is 13.1 Å². The third kappa shape index (κ3) is 2.47. The highest BCUT2D eigenvalue weighted by molar-refractivity contribution is 5.40. The quantitative estimate of drug-likeness (QED) is 0.905. The molecule has 102 valence electrons. The molecule has 0 aromatic heterocycles. The van der Waals surface area contributed by atoms with Gasteiger partial charge in [-0.15, -0.1) is 0 Å². The van der Waals surface area contributed by atoms with Crippen molar-refractivity contribution in [2.75, 3.05) is 20.3 Å². The smallest absolute Gasteiger partial charge is 0.122 e. The minimum absolute atomic E-state index is 0.255. The van der Waals surface area contributed by atoms with Gasteiger partial charge in [0.2, 0.25) is 0 Å². The van der Waals surface area contributed by atoms with Gasteiger partial charge in [-0.3, -0.25) is 0 Å². The van der Waals surface area contributed by atoms with Crippen molar-refractivity contribution in [1.29, 1.82) is 0 Å². The minimum atomic E-state index is 0.255. The van der Waals surface area contributed by atoms with Gasteiger partial charge in [-0.25, -0.2) is 0 Å². The van der Waals surface area contributed by atoms with Crippen LogP contribution in [-0.2, 0) is 4.74 Å². The largest absolute Gasteiger partial charge is 0.497 e. The Bertz CT molecular complexity index is 470. The Hall–Kier alpha value is -1.48. The Labute approximate surface area is 114 Å². The van der Waals surface area contributed by atoms with Crippen LogP contribution in [0.15, 0.2) is 36.1 Å². The van der Waals surface area contributed by atoms with Crippen LogP contribution in [0.5, 0.6) is 5.75 Å². The highest BCUT2D eigenvalue weighted by Gasteiger charge is 2.31. The van der Waals surface area contributed by atoms with Gasteiger partial charge in [-0.1, -0.05) is 18.2 Å². The van der Waals surface area contributed by atoms with Gasteiger partial charge in [0, 0.05) is 5.92 Å². The van der Waals surface area contributed by atoms with E-state index < -0.39 is 0 Å². The minimum Gasteiger partial charge on any atom is -0.497 e. The van der Waals surface area contributed by atoms with E-state index in [0.29, 0.717) is 5.92 Å². The maximum Gasteiger partial charge on any atom is 0.122 e. The molecule has 0 spiro atoms. The Kier molecular flexibility index (Phi) is 3.74. The summed E-state index contributed by atoms with van der Waals surface area (Å²) in [5.41, 5.74) is 1.29. The van der Waals surface area contributed by atoms with Gasteiger partial charge in [0.05, 0.1) is 19.3 Å². The molecule has 3 heteroatoms. The van der Waals surface area contributed by atoms with Crippen molar-refractivity contribution in [3.63, 3.8) is 0 Å². The summed E-state index contributed by atoms with van der Waals surface area (Å²) < 4.78 is 11.6. The molecule has 0 fully saturated rings. The molecule has 0 saturated carbocycles. The summed E-state index contributed by atoms with van der Waals surface area (Å²) in [6.07, 6.45) is 5.52. The number of hydrogen-bond donors (Lipinski definition) is 1. The highest BCUT2D eigenvalue weighted by atomic mass is 16.5. The topological polar surface area (TPSA) is 30.5 Å². The lowest BCUT2D eigenvalue weighted by atomic mass is 9.85. The number of allylic oxidation sites excluding steroid dienone is 1. The number of likely N-dealkylation sites (N-methyl/N-ethyl adjacent to an activating group) is 1. The molecule has 0 amide bonds. The number of nitrogens with one attached hydrogen (secondary N) is 1. The first-order valence-electron chi connectivity index (χ1n) is 7.12. The van der Waals surface area contributed by atoms with Gasteiger partial charge in [0.25, 0.3) is 0 Å². The summed E-state index contributed by atoms with van der Waals surface area (Å²) in [5, 5.41) is 3.43. The fourth-order valence-corrected chi connectivity index (χ4v) is 3.05. The van der Waals surface area contributed by atoms with Crippen LogP contribution in [0.4, 0.5) is 0 Å². The van der Waals surface area contributed by atoms with Gasteiger partial charge >= 0.3 is 0 Å². The van der Waals surface area contributed by atoms with Crippen LogP contribution in [0, 0.1) is 0 Å². The summed E-state index contributed by atoms with van der Waals surface area (Å²) in [6, 6.07) is 8.61. The molecule has 0 radical (unpaired) electrons. The lowest BCUT2D eigenvalue weighted by Gasteiger charge is -2.34. The van der Waals surface area contributed by atoms with Gasteiger partial charge in [0.1, 0.15) is 11.5 Å². The van der Waals surface area contributed by atoms with Crippen molar-refractivity contribution in [2.24, 2.45) is 0 Å². The predicted molar refractivity (Wildman–Crippen MR) is 75.4 cm³/mol. The highest BCUT2D eigenvalue weighted by Crippen LogP contribution is 2.38. The zero-order chi connectivity index (χ0) is 13.1. The molecule has 3 nitrogen and oxygen atoms in total. The molecule has 2 aliphatic rings. The van der Waals surface area contributed by atoms with Crippen molar-refractivity contribution in [1.82, 2.24) is 5.32 Å². The standard InChI is InChI=1S/C16H21NO2/c1-17-16(15-8-4-5-10-18-15)13-9-11-19-14-7-3-2-6-12(13)14/h2-3,6-8,13,16-17H,4-5,9-11H2,1H3. The molecule has 1 aromatic rings. The Morgan fingerprint density at radius 3 is 2.89 bits per heavy atom. The maximum atomic E-state index is 5.86. The average molecular weight is 259 g/mol. The van der Waals surface area contributed by atoms with Crippen molar-refractivity contribution in [3.8, 4) is 5.75 Å². The Balaban J connectivity index is 1.90. The third-order valence-electron chi connectivity index (χ3n) is 3.99. The third-order valence-corrected chi connectivity index (χ3v) is 3.99. The summed E-state index contributed by atoms with van der Waals surface area (Å²) in [6.45, 7) is 1.63. The van der Waals surface area contributed by atoms with E-state index in [0.717, 1.165) is 44.0 Å². The summed E-state index contributed by atoms with van der Waals surface area (Å²) in [4.78, 5) is 0. The lowest BCUT2D eigenvalue weighted by Crippen LogP contribution is -2.38. The fraction of sp³-hybridized carbons (Fsp3) is 0.500. The second-order valence-electron chi connectivity index (χ2n) is 5.14. The fourth-order valence-electron chi connectivity index (χ4n) is 3.05. The zero-order valence-corrected chi connectivity index (χ0v) is 11.4. The maximum absolute atomic E-state index is 5.86. The zero-order valence-electron chi connectivity index (χ0n) is 11.4. The number of hydrogen-bond acceptors (Lipinski definition) is 3. The molecule has 2 unspecified atom stereocenters. The SMILES string of the molecule is CNC(C1=CCCCO1)C1CCOc2ccccc21. The first kappa shape index (κ1) is 12.5. The van der Waals surface area contributed by atoms with E-state index in [4.69, 9.17) is 9.47 Å². The van der Waals surface area contributed by atoms with Crippen molar-refractivity contribution < 1.29 is 9.47 Å². The first-order chi connectivity index (χ1) is 9.40. The van der Waals surface area contributed by atoms with Crippen LogP contribution >= 0.6 is 0 Å². The average Bonchev–Trinajstić information content (AvgIpc) is 2.49. The van der Waals surface area contributed by atoms with Gasteiger partial charge in [-0.05, 0) is 44.0 Å². The number of benzene rings is 1. The van der Waals surface area contributed by atoms with Crippen LogP contribution in [0.1, 0.15) is 30.7 Å². The van der Waals surface area contributed by atoms with Crippen LogP contribution in [0.25, 0.3) is 0 Å². The van der Waals surface area contributed by atoms with Crippen molar-refractivity contribution in [2.45, 2.75) is 31.2 Å². The van der Waals surface area contributed by atoms with Gasteiger partial charge < -0.3 is 14.8 Å². The van der Waals surface area contributed by atoms with Crippen LogP contribution in [-0.4, -0.2) is 26.3 Å². The first-order valence-corrected chi connectivity index (χ1v) is 7.12. The molecule has 0 aliphatic carbocycles. The summed E-state index contributed by atoms with van der Waals surface area (Å²) in [5.74, 6) is 2.56. The van der Waals surface area contributed by atoms with Crippen LogP contribution in [0.3, 0.4) is 0 Å². The number of para-hydroxylation sites is 1. The number of ether oxygens (including phenoxy) is 2. The number of fused-ring (bicyclic) bond motifs is 1. The van der Waals surface area contributed by atoms with E-state index in [9.17, 15) is 0 Å². The molecule has 1 N–H and O–H groups in total. The van der Waals surface area contributed by atoms with E-state index in [-0.39, 0.29) is 6.04 Å². The predicted octanol–water partition coefficient (Wildman–Crippen LogP) is 2.84. The molecule has 2 atom stereocenters. The molecule has 2 heterocycles. The molecule has 0 bridgehead atoms. The van der Waals surface area contributed by atoms with E-state index in [2.05, 4.69) is 29.6 Å². The Morgan fingerprint density at radius 2 is 2.11 bits per heavy atom. The van der Waals surface area contributed by atoms with Crippen molar-refractivity contribution in [3.05, 3.63) is 41.7 Å². The Morgan fingerprint density at radius 1 is 1.21 bits per heavy atom. The van der Waals surface area contributed by atoms with Gasteiger partial charge in [-0.2, -0.15) is 0 Å². The molecule has 1 aromatic carbocycles. The number of rotatable bonds is 3.